The van der Waals surface area contributed by atoms with E-state index in [1.807, 2.05) is 0 Å². The molecular formula is C10H13Cl2NO3. The molecule has 2 saturated carbocycles. The van der Waals surface area contributed by atoms with E-state index in [1.165, 1.54) is 0 Å². The molecule has 2 rings (SSSR count). The molecule has 2 aliphatic rings. The molecule has 16 heavy (non-hydrogen) atoms. The maximum absolute atomic E-state index is 11.7. The molecule has 4 nitrogen and oxygen atoms in total. The molecule has 0 radical (unpaired) electrons. The van der Waals surface area contributed by atoms with Crippen LogP contribution in [-0.2, 0) is 9.59 Å². The highest BCUT2D eigenvalue weighted by Crippen LogP contribution is 2.53. The van der Waals surface area contributed by atoms with Crippen LogP contribution in [0.1, 0.15) is 32.1 Å². The summed E-state index contributed by atoms with van der Waals surface area (Å²) in [5.74, 6) is -1.49. The number of amides is 1. The first-order chi connectivity index (χ1) is 7.35. The Morgan fingerprint density at radius 2 is 1.94 bits per heavy atom. The van der Waals surface area contributed by atoms with E-state index in [-0.39, 0.29) is 18.2 Å². The number of alkyl halides is 2. The molecule has 90 valence electrons. The SMILES string of the molecule is O=C(O)CC1(NC(=O)C2CC2(Cl)Cl)CCC1. The predicted molar refractivity (Wildman–Crippen MR) is 59.5 cm³/mol. The minimum atomic E-state index is -0.946. The van der Waals surface area contributed by atoms with Crippen LogP contribution in [0.4, 0.5) is 0 Å². The Labute approximate surface area is 103 Å². The summed E-state index contributed by atoms with van der Waals surface area (Å²) < 4.78 is -0.946. The van der Waals surface area contributed by atoms with Crippen LogP contribution in [0.2, 0.25) is 0 Å². The Morgan fingerprint density at radius 1 is 1.38 bits per heavy atom. The molecule has 2 N–H and O–H groups in total. The normalized spacial score (nSPS) is 29.0. The number of carboxylic acid groups (broad SMARTS) is 1. The molecular weight excluding hydrogens is 253 g/mol. The summed E-state index contributed by atoms with van der Waals surface area (Å²) in [7, 11) is 0. The van der Waals surface area contributed by atoms with Crippen molar-refractivity contribution in [1.29, 1.82) is 0 Å². The first-order valence-electron chi connectivity index (χ1n) is 5.26. The maximum atomic E-state index is 11.7. The van der Waals surface area contributed by atoms with Gasteiger partial charge in [0.2, 0.25) is 5.91 Å². The number of hydrogen-bond acceptors (Lipinski definition) is 2. The average molecular weight is 266 g/mol. The van der Waals surface area contributed by atoms with Crippen molar-refractivity contribution in [2.45, 2.75) is 42.0 Å². The van der Waals surface area contributed by atoms with E-state index < -0.39 is 15.8 Å². The van der Waals surface area contributed by atoms with E-state index in [2.05, 4.69) is 5.32 Å². The molecule has 6 heteroatoms. The zero-order valence-corrected chi connectivity index (χ0v) is 10.1. The van der Waals surface area contributed by atoms with E-state index in [4.69, 9.17) is 28.3 Å². The van der Waals surface area contributed by atoms with Crippen LogP contribution in [0.3, 0.4) is 0 Å². The topological polar surface area (TPSA) is 66.4 Å². The third-order valence-corrected chi connectivity index (χ3v) is 4.17. The van der Waals surface area contributed by atoms with Crippen molar-refractivity contribution in [3.8, 4) is 0 Å². The van der Waals surface area contributed by atoms with Gasteiger partial charge in [-0.25, -0.2) is 0 Å². The van der Waals surface area contributed by atoms with Gasteiger partial charge < -0.3 is 10.4 Å². The van der Waals surface area contributed by atoms with Crippen LogP contribution in [0.25, 0.3) is 0 Å². The van der Waals surface area contributed by atoms with Gasteiger partial charge in [-0.3, -0.25) is 9.59 Å². The lowest BCUT2D eigenvalue weighted by molar-refractivity contribution is -0.140. The Kier molecular flexibility index (Phi) is 2.83. The fourth-order valence-electron chi connectivity index (χ4n) is 2.09. The fraction of sp³-hybridized carbons (Fsp3) is 0.800. The van der Waals surface area contributed by atoms with Crippen molar-refractivity contribution < 1.29 is 14.7 Å². The standard InChI is InChI=1S/C10H13Cl2NO3/c11-10(12)4-6(10)8(16)13-9(2-1-3-9)5-7(14)15/h6H,1-5H2,(H,13,16)(H,14,15). The molecule has 0 bridgehead atoms. The number of aliphatic carboxylic acids is 1. The third kappa shape index (κ3) is 2.28. The van der Waals surface area contributed by atoms with Gasteiger partial charge in [-0.05, 0) is 25.7 Å². The number of nitrogens with one attached hydrogen (secondary N) is 1. The van der Waals surface area contributed by atoms with Gasteiger partial charge in [0.15, 0.2) is 0 Å². The van der Waals surface area contributed by atoms with E-state index in [9.17, 15) is 9.59 Å². The molecule has 0 aromatic heterocycles. The molecule has 2 aliphatic carbocycles. The van der Waals surface area contributed by atoms with Crippen molar-refractivity contribution >= 4 is 35.1 Å². The number of rotatable bonds is 4. The van der Waals surface area contributed by atoms with Crippen molar-refractivity contribution in [3.63, 3.8) is 0 Å². The summed E-state index contributed by atoms with van der Waals surface area (Å²) in [5.41, 5.74) is -0.560. The molecule has 0 spiro atoms. The maximum Gasteiger partial charge on any atom is 0.305 e. The molecule has 0 aromatic carbocycles. The number of carbonyl (C=O) groups is 2. The molecule has 0 aliphatic heterocycles. The molecule has 1 atom stereocenters. The monoisotopic (exact) mass is 265 g/mol. The van der Waals surface area contributed by atoms with Crippen LogP contribution in [0.15, 0.2) is 0 Å². The quantitative estimate of drug-likeness (QED) is 0.761. The van der Waals surface area contributed by atoms with Gasteiger partial charge in [-0.2, -0.15) is 0 Å². The number of hydrogen-bond donors (Lipinski definition) is 2. The molecule has 0 saturated heterocycles. The van der Waals surface area contributed by atoms with Gasteiger partial charge in [0.05, 0.1) is 17.9 Å². The van der Waals surface area contributed by atoms with Crippen LogP contribution < -0.4 is 5.32 Å². The molecule has 1 amide bonds. The van der Waals surface area contributed by atoms with E-state index in [0.29, 0.717) is 6.42 Å². The van der Waals surface area contributed by atoms with Gasteiger partial charge in [0.1, 0.15) is 4.33 Å². The molecule has 0 aromatic rings. The summed E-state index contributed by atoms with van der Waals surface area (Å²) in [5, 5.41) is 11.6. The van der Waals surface area contributed by atoms with Crippen LogP contribution in [0, 0.1) is 5.92 Å². The van der Waals surface area contributed by atoms with Crippen molar-refractivity contribution in [2.24, 2.45) is 5.92 Å². The van der Waals surface area contributed by atoms with Gasteiger partial charge in [0, 0.05) is 0 Å². The van der Waals surface area contributed by atoms with E-state index in [0.717, 1.165) is 19.3 Å². The molecule has 2 fully saturated rings. The first-order valence-corrected chi connectivity index (χ1v) is 6.02. The van der Waals surface area contributed by atoms with E-state index in [1.54, 1.807) is 0 Å². The molecule has 0 heterocycles. The second-order valence-electron chi connectivity index (χ2n) is 4.71. The summed E-state index contributed by atoms with van der Waals surface area (Å²) >= 11 is 11.6. The lowest BCUT2D eigenvalue weighted by Gasteiger charge is -2.41. The molecule has 1 unspecified atom stereocenters. The Morgan fingerprint density at radius 3 is 2.25 bits per heavy atom. The minimum Gasteiger partial charge on any atom is -0.481 e. The summed E-state index contributed by atoms with van der Waals surface area (Å²) in [6, 6.07) is 0. The number of carbonyl (C=O) groups excluding carboxylic acids is 1. The lowest BCUT2D eigenvalue weighted by Crippen LogP contribution is -2.55. The highest BCUT2D eigenvalue weighted by atomic mass is 35.5. The summed E-state index contributed by atoms with van der Waals surface area (Å²) in [4.78, 5) is 22.4. The van der Waals surface area contributed by atoms with Crippen molar-refractivity contribution in [2.75, 3.05) is 0 Å². The van der Waals surface area contributed by atoms with Crippen molar-refractivity contribution in [3.05, 3.63) is 0 Å². The largest absolute Gasteiger partial charge is 0.481 e. The fourth-order valence-corrected chi connectivity index (χ4v) is 2.59. The Hall–Kier alpha value is -0.480. The lowest BCUT2D eigenvalue weighted by atomic mass is 9.74. The van der Waals surface area contributed by atoms with Crippen LogP contribution in [0.5, 0.6) is 0 Å². The Bertz CT molecular complexity index is 339. The van der Waals surface area contributed by atoms with Gasteiger partial charge in [0.25, 0.3) is 0 Å². The zero-order valence-electron chi connectivity index (χ0n) is 8.63. The Balaban J connectivity index is 1.92. The third-order valence-electron chi connectivity index (χ3n) is 3.33. The van der Waals surface area contributed by atoms with Crippen LogP contribution in [-0.4, -0.2) is 26.9 Å². The first kappa shape index (κ1) is 12.0. The smallest absolute Gasteiger partial charge is 0.305 e. The van der Waals surface area contributed by atoms with E-state index >= 15 is 0 Å². The highest BCUT2D eigenvalue weighted by Gasteiger charge is 2.57. The second-order valence-corrected chi connectivity index (χ2v) is 6.25. The van der Waals surface area contributed by atoms with Crippen LogP contribution >= 0.6 is 23.2 Å². The number of halogens is 2. The highest BCUT2D eigenvalue weighted by molar-refractivity contribution is 6.52. The van der Waals surface area contributed by atoms with Gasteiger partial charge in [-0.15, -0.1) is 23.2 Å². The zero-order chi connectivity index (χ0) is 12.0. The summed E-state index contributed by atoms with van der Waals surface area (Å²) in [6.45, 7) is 0. The van der Waals surface area contributed by atoms with Gasteiger partial charge in [-0.1, -0.05) is 0 Å². The number of carboxylic acids is 1. The average Bonchev–Trinajstić information content (AvgIpc) is 2.70. The second kappa shape index (κ2) is 3.77. The predicted octanol–water partition coefficient (Wildman–Crippen LogP) is 1.69. The van der Waals surface area contributed by atoms with Gasteiger partial charge >= 0.3 is 5.97 Å². The van der Waals surface area contributed by atoms with Crippen molar-refractivity contribution in [1.82, 2.24) is 5.32 Å². The summed E-state index contributed by atoms with van der Waals surface area (Å²) in [6.07, 6.45) is 2.81. The minimum absolute atomic E-state index is 0.0248.